The molecule has 2 aromatic heterocycles. The molecule has 0 N–H and O–H groups in total. The second kappa shape index (κ2) is 5.10. The number of carbonyl (C=O) groups excluding carboxylic acids is 1. The van der Waals surface area contributed by atoms with Crippen LogP contribution in [0.1, 0.15) is 28.5 Å². The van der Waals surface area contributed by atoms with Crippen LogP contribution >= 0.6 is 11.6 Å². The molecule has 0 saturated heterocycles. The monoisotopic (exact) mass is 298 g/mol. The van der Waals surface area contributed by atoms with Crippen LogP contribution in [-0.4, -0.2) is 17.0 Å². The first-order valence-corrected chi connectivity index (χ1v) is 6.07. The van der Waals surface area contributed by atoms with Crippen molar-refractivity contribution in [3.63, 3.8) is 0 Å². The summed E-state index contributed by atoms with van der Waals surface area (Å²) in [7, 11) is 0. The van der Waals surface area contributed by atoms with Crippen LogP contribution in [0.25, 0.3) is 5.52 Å². The van der Waals surface area contributed by atoms with E-state index in [2.05, 4.69) is 0 Å². The van der Waals surface area contributed by atoms with Gasteiger partial charge in [-0.2, -0.15) is 14.0 Å². The molecule has 0 aromatic carbocycles. The molecule has 7 heteroatoms. The van der Waals surface area contributed by atoms with Crippen molar-refractivity contribution < 1.29 is 18.3 Å². The van der Waals surface area contributed by atoms with Crippen molar-refractivity contribution in [1.82, 2.24) is 4.40 Å². The molecule has 0 amide bonds. The van der Waals surface area contributed by atoms with Gasteiger partial charge in [0.05, 0.1) is 23.3 Å². The highest BCUT2D eigenvalue weighted by atomic mass is 35.5. The van der Waals surface area contributed by atoms with E-state index in [1.165, 1.54) is 16.7 Å². The SMILES string of the molecule is CCOC(=O)c1c(C(F)(F)Cl)c(C#N)n2ccccc12. The highest BCUT2D eigenvalue weighted by molar-refractivity contribution is 6.23. The smallest absolute Gasteiger partial charge is 0.351 e. The zero-order valence-corrected chi connectivity index (χ0v) is 11.1. The Balaban J connectivity index is 2.89. The minimum absolute atomic E-state index is 0.0260. The fourth-order valence-corrected chi connectivity index (χ4v) is 2.19. The second-order valence-corrected chi connectivity index (χ2v) is 4.36. The van der Waals surface area contributed by atoms with Gasteiger partial charge in [0, 0.05) is 6.20 Å². The maximum Gasteiger partial charge on any atom is 0.351 e. The average molecular weight is 299 g/mol. The maximum atomic E-state index is 13.6. The van der Waals surface area contributed by atoms with Gasteiger partial charge in [-0.15, -0.1) is 0 Å². The lowest BCUT2D eigenvalue weighted by Gasteiger charge is -2.09. The Kier molecular flexibility index (Phi) is 3.64. The van der Waals surface area contributed by atoms with Gasteiger partial charge in [-0.1, -0.05) is 6.07 Å². The number of nitrogens with zero attached hydrogens (tertiary/aromatic N) is 2. The number of aromatic nitrogens is 1. The lowest BCUT2D eigenvalue weighted by molar-refractivity contribution is 0.0504. The number of nitriles is 1. The number of alkyl halides is 3. The van der Waals surface area contributed by atoms with Crippen LogP contribution in [0.15, 0.2) is 24.4 Å². The van der Waals surface area contributed by atoms with Gasteiger partial charge in [0.15, 0.2) is 0 Å². The van der Waals surface area contributed by atoms with Crippen LogP contribution in [0.3, 0.4) is 0 Å². The highest BCUT2D eigenvalue weighted by Crippen LogP contribution is 2.40. The average Bonchev–Trinajstić information content (AvgIpc) is 2.73. The summed E-state index contributed by atoms with van der Waals surface area (Å²) in [4.78, 5) is 11.9. The Labute approximate surface area is 118 Å². The predicted octanol–water partition coefficient (Wildman–Crippen LogP) is 3.28. The Bertz CT molecular complexity index is 713. The van der Waals surface area contributed by atoms with Crippen LogP contribution in [0.2, 0.25) is 0 Å². The van der Waals surface area contributed by atoms with Gasteiger partial charge in [0.1, 0.15) is 11.8 Å². The molecule has 0 bridgehead atoms. The standard InChI is InChI=1S/C13H9ClF2N2O2/c1-2-20-12(19)10-8-5-3-4-6-18(8)9(7-17)11(10)13(14,15)16/h3-6H,2H2,1H3. The van der Waals surface area contributed by atoms with E-state index in [1.807, 2.05) is 0 Å². The van der Waals surface area contributed by atoms with Crippen molar-refractivity contribution in [2.75, 3.05) is 6.61 Å². The van der Waals surface area contributed by atoms with Gasteiger partial charge < -0.3 is 9.14 Å². The van der Waals surface area contributed by atoms with E-state index in [-0.39, 0.29) is 23.4 Å². The second-order valence-electron chi connectivity index (χ2n) is 3.88. The van der Waals surface area contributed by atoms with E-state index in [4.69, 9.17) is 21.6 Å². The van der Waals surface area contributed by atoms with Crippen LogP contribution < -0.4 is 0 Å². The van der Waals surface area contributed by atoms with Crippen molar-refractivity contribution >= 4 is 23.1 Å². The topological polar surface area (TPSA) is 54.5 Å². The van der Waals surface area contributed by atoms with E-state index in [9.17, 15) is 13.6 Å². The molecule has 0 aliphatic rings. The quantitative estimate of drug-likeness (QED) is 0.645. The lowest BCUT2D eigenvalue weighted by Crippen LogP contribution is -2.13. The molecule has 2 rings (SSSR count). The number of ether oxygens (including phenoxy) is 1. The first-order chi connectivity index (χ1) is 9.41. The molecule has 104 valence electrons. The molecule has 0 aliphatic carbocycles. The van der Waals surface area contributed by atoms with Gasteiger partial charge in [0.2, 0.25) is 0 Å². The predicted molar refractivity (Wildman–Crippen MR) is 67.8 cm³/mol. The Morgan fingerprint density at radius 1 is 1.55 bits per heavy atom. The van der Waals surface area contributed by atoms with Gasteiger partial charge in [-0.25, -0.2) is 4.79 Å². The van der Waals surface area contributed by atoms with Crippen LogP contribution in [0, 0.1) is 11.3 Å². The molecule has 0 atom stereocenters. The number of hydrogen-bond acceptors (Lipinski definition) is 3. The highest BCUT2D eigenvalue weighted by Gasteiger charge is 2.40. The summed E-state index contributed by atoms with van der Waals surface area (Å²) in [5.41, 5.74) is -1.45. The van der Waals surface area contributed by atoms with E-state index in [0.717, 1.165) is 0 Å². The molecule has 0 radical (unpaired) electrons. The summed E-state index contributed by atoms with van der Waals surface area (Å²) < 4.78 is 33.2. The Morgan fingerprint density at radius 3 is 2.80 bits per heavy atom. The summed E-state index contributed by atoms with van der Waals surface area (Å²) in [5.74, 6) is -0.937. The van der Waals surface area contributed by atoms with Crippen LogP contribution in [0.5, 0.6) is 0 Å². The summed E-state index contributed by atoms with van der Waals surface area (Å²) in [6, 6.07) is 6.22. The molecule has 2 heterocycles. The van der Waals surface area contributed by atoms with Crippen molar-refractivity contribution in [1.29, 1.82) is 5.26 Å². The third kappa shape index (κ3) is 2.21. The number of esters is 1. The number of pyridine rings is 1. The summed E-state index contributed by atoms with van der Waals surface area (Å²) in [5, 5.41) is 5.24. The minimum Gasteiger partial charge on any atom is -0.462 e. The first kappa shape index (κ1) is 14.3. The van der Waals surface area contributed by atoms with Gasteiger partial charge in [-0.05, 0) is 30.7 Å². The number of halogens is 3. The molecule has 0 aliphatic heterocycles. The van der Waals surface area contributed by atoms with Crippen molar-refractivity contribution in [2.45, 2.75) is 12.3 Å². The normalized spacial score (nSPS) is 11.3. The molecule has 20 heavy (non-hydrogen) atoms. The Hall–Kier alpha value is -2.13. The summed E-state index contributed by atoms with van der Waals surface area (Å²) >= 11 is 5.06. The molecule has 0 unspecified atom stereocenters. The van der Waals surface area contributed by atoms with Gasteiger partial charge in [0.25, 0.3) is 0 Å². The van der Waals surface area contributed by atoms with Crippen LogP contribution in [-0.2, 0) is 10.1 Å². The first-order valence-electron chi connectivity index (χ1n) is 5.69. The lowest BCUT2D eigenvalue weighted by atomic mass is 10.1. The molecule has 0 fully saturated rings. The fourth-order valence-electron chi connectivity index (χ4n) is 2.00. The number of rotatable bonds is 3. The van der Waals surface area contributed by atoms with E-state index >= 15 is 0 Å². The maximum absolute atomic E-state index is 13.6. The third-order valence-electron chi connectivity index (χ3n) is 2.71. The zero-order valence-electron chi connectivity index (χ0n) is 10.4. The van der Waals surface area contributed by atoms with Crippen molar-refractivity contribution in [3.05, 3.63) is 41.2 Å². The Morgan fingerprint density at radius 2 is 2.25 bits per heavy atom. The summed E-state index contributed by atoms with van der Waals surface area (Å²) in [6.45, 7) is 1.58. The van der Waals surface area contributed by atoms with Crippen molar-refractivity contribution in [3.8, 4) is 6.07 Å². The van der Waals surface area contributed by atoms with Crippen LogP contribution in [0.4, 0.5) is 8.78 Å². The largest absolute Gasteiger partial charge is 0.462 e. The molecule has 2 aromatic rings. The molecule has 4 nitrogen and oxygen atoms in total. The zero-order chi connectivity index (χ0) is 14.9. The van der Waals surface area contributed by atoms with Gasteiger partial charge >= 0.3 is 11.4 Å². The van der Waals surface area contributed by atoms with E-state index in [1.54, 1.807) is 25.1 Å². The van der Waals surface area contributed by atoms with Crippen molar-refractivity contribution in [2.24, 2.45) is 0 Å². The molecular formula is C13H9ClF2N2O2. The number of carbonyl (C=O) groups is 1. The molecule has 0 spiro atoms. The summed E-state index contributed by atoms with van der Waals surface area (Å²) in [6.07, 6.45) is 1.41. The minimum atomic E-state index is -3.85. The molecule has 0 saturated carbocycles. The fraction of sp³-hybridized carbons (Fsp3) is 0.231. The van der Waals surface area contributed by atoms with E-state index in [0.29, 0.717) is 0 Å². The number of hydrogen-bond donors (Lipinski definition) is 0. The molecular weight excluding hydrogens is 290 g/mol. The van der Waals surface area contributed by atoms with Gasteiger partial charge in [-0.3, -0.25) is 0 Å². The van der Waals surface area contributed by atoms with E-state index < -0.39 is 16.9 Å². The third-order valence-corrected chi connectivity index (χ3v) is 2.90. The number of fused-ring (bicyclic) bond motifs is 1.